The highest BCUT2D eigenvalue weighted by atomic mass is 79.9. The first-order chi connectivity index (χ1) is 11.2. The van der Waals surface area contributed by atoms with Crippen LogP contribution in [0.15, 0.2) is 51.9 Å². The SMILES string of the molecule is Cl.O=c1c(Br)c(OCc2ccccc2)ccn1CC1CCCNC1. The summed E-state index contributed by atoms with van der Waals surface area (Å²) in [5.41, 5.74) is 1.05. The molecule has 2 heterocycles. The van der Waals surface area contributed by atoms with Crippen LogP contribution in [0.3, 0.4) is 0 Å². The van der Waals surface area contributed by atoms with Crippen LogP contribution >= 0.6 is 28.3 Å². The third-order valence-corrected chi connectivity index (χ3v) is 4.89. The molecule has 1 fully saturated rings. The van der Waals surface area contributed by atoms with Gasteiger partial charge < -0.3 is 14.6 Å². The van der Waals surface area contributed by atoms with E-state index in [-0.39, 0.29) is 18.0 Å². The first-order valence-electron chi connectivity index (χ1n) is 8.00. The van der Waals surface area contributed by atoms with Gasteiger partial charge in [-0.2, -0.15) is 0 Å². The Balaban J connectivity index is 0.00000208. The zero-order valence-electron chi connectivity index (χ0n) is 13.4. The highest BCUT2D eigenvalue weighted by molar-refractivity contribution is 9.10. The fraction of sp³-hybridized carbons (Fsp3) is 0.389. The molecule has 1 unspecified atom stereocenters. The van der Waals surface area contributed by atoms with Gasteiger partial charge in [0.2, 0.25) is 0 Å². The summed E-state index contributed by atoms with van der Waals surface area (Å²) in [5.74, 6) is 1.11. The van der Waals surface area contributed by atoms with E-state index in [1.165, 1.54) is 12.8 Å². The second kappa shape index (κ2) is 9.25. The van der Waals surface area contributed by atoms with E-state index in [2.05, 4.69) is 21.2 Å². The molecule has 1 aliphatic rings. The van der Waals surface area contributed by atoms with Crippen LogP contribution in [-0.2, 0) is 13.2 Å². The number of benzene rings is 1. The van der Waals surface area contributed by atoms with Gasteiger partial charge in [-0.3, -0.25) is 4.79 Å². The molecule has 1 N–H and O–H groups in total. The van der Waals surface area contributed by atoms with Crippen molar-refractivity contribution >= 4 is 28.3 Å². The molecule has 0 saturated carbocycles. The van der Waals surface area contributed by atoms with Crippen molar-refractivity contribution in [3.05, 3.63) is 63.0 Å². The number of rotatable bonds is 5. The lowest BCUT2D eigenvalue weighted by Crippen LogP contribution is -2.34. The first-order valence-corrected chi connectivity index (χ1v) is 8.80. The fourth-order valence-corrected chi connectivity index (χ4v) is 3.35. The number of nitrogens with zero attached hydrogens (tertiary/aromatic N) is 1. The summed E-state index contributed by atoms with van der Waals surface area (Å²) < 4.78 is 8.05. The summed E-state index contributed by atoms with van der Waals surface area (Å²) in [6, 6.07) is 11.8. The van der Waals surface area contributed by atoms with Crippen LogP contribution in [-0.4, -0.2) is 17.7 Å². The molecule has 1 aromatic carbocycles. The molecule has 0 amide bonds. The molecule has 0 aliphatic carbocycles. The molecule has 1 aromatic heterocycles. The molecule has 6 heteroatoms. The summed E-state index contributed by atoms with van der Waals surface area (Å²) in [4.78, 5) is 12.5. The average molecular weight is 414 g/mol. The van der Waals surface area contributed by atoms with Crippen LogP contribution < -0.4 is 15.6 Å². The molecule has 2 aromatic rings. The normalized spacial score (nSPS) is 17.1. The maximum atomic E-state index is 12.5. The fourth-order valence-electron chi connectivity index (χ4n) is 2.88. The minimum absolute atomic E-state index is 0. The lowest BCUT2D eigenvalue weighted by Gasteiger charge is -2.23. The zero-order valence-corrected chi connectivity index (χ0v) is 15.8. The van der Waals surface area contributed by atoms with E-state index >= 15 is 0 Å². The minimum Gasteiger partial charge on any atom is -0.487 e. The van der Waals surface area contributed by atoms with Crippen LogP contribution in [0.2, 0.25) is 0 Å². The third kappa shape index (κ3) is 4.85. The Hall–Kier alpha value is -1.30. The quantitative estimate of drug-likeness (QED) is 0.814. The van der Waals surface area contributed by atoms with Crippen molar-refractivity contribution in [2.24, 2.45) is 5.92 Å². The number of piperidine rings is 1. The van der Waals surface area contributed by atoms with Crippen LogP contribution in [0.5, 0.6) is 5.75 Å². The van der Waals surface area contributed by atoms with E-state index in [0.717, 1.165) is 25.2 Å². The van der Waals surface area contributed by atoms with Crippen molar-refractivity contribution in [2.75, 3.05) is 13.1 Å². The van der Waals surface area contributed by atoms with E-state index in [9.17, 15) is 4.79 Å². The van der Waals surface area contributed by atoms with Gasteiger partial charge in [0.05, 0.1) is 0 Å². The number of pyridine rings is 1. The number of hydrogen-bond donors (Lipinski definition) is 1. The standard InChI is InChI=1S/C18H21BrN2O2.ClH/c19-17-16(23-13-14-5-2-1-3-6-14)8-10-21(18(17)22)12-15-7-4-9-20-11-15;/h1-3,5-6,8,10,15,20H,4,7,9,11-13H2;1H. The average Bonchev–Trinajstić information content (AvgIpc) is 2.60. The number of hydrogen-bond acceptors (Lipinski definition) is 3. The Morgan fingerprint density at radius 3 is 2.75 bits per heavy atom. The molecule has 1 atom stereocenters. The molecule has 0 radical (unpaired) electrons. The Labute approximate surface area is 156 Å². The van der Waals surface area contributed by atoms with Gasteiger partial charge in [0.1, 0.15) is 16.8 Å². The van der Waals surface area contributed by atoms with E-state index in [1.807, 2.05) is 42.6 Å². The largest absolute Gasteiger partial charge is 0.487 e. The number of halogens is 2. The first kappa shape index (κ1) is 19.0. The second-order valence-corrected chi connectivity index (χ2v) is 6.73. The van der Waals surface area contributed by atoms with E-state index in [4.69, 9.17) is 4.74 Å². The lowest BCUT2D eigenvalue weighted by molar-refractivity contribution is 0.300. The predicted molar refractivity (Wildman–Crippen MR) is 102 cm³/mol. The van der Waals surface area contributed by atoms with Gasteiger partial charge in [-0.15, -0.1) is 12.4 Å². The summed E-state index contributed by atoms with van der Waals surface area (Å²) >= 11 is 3.40. The van der Waals surface area contributed by atoms with Crippen molar-refractivity contribution in [3.63, 3.8) is 0 Å². The highest BCUT2D eigenvalue weighted by Crippen LogP contribution is 2.22. The van der Waals surface area contributed by atoms with Crippen LogP contribution in [0, 0.1) is 5.92 Å². The smallest absolute Gasteiger partial charge is 0.268 e. The van der Waals surface area contributed by atoms with Gasteiger partial charge in [-0.25, -0.2) is 0 Å². The van der Waals surface area contributed by atoms with Gasteiger partial charge in [0.25, 0.3) is 5.56 Å². The monoisotopic (exact) mass is 412 g/mol. The number of nitrogens with one attached hydrogen (secondary N) is 1. The van der Waals surface area contributed by atoms with Crippen LogP contribution in [0.25, 0.3) is 0 Å². The highest BCUT2D eigenvalue weighted by Gasteiger charge is 2.16. The van der Waals surface area contributed by atoms with Gasteiger partial charge in [0, 0.05) is 12.7 Å². The Morgan fingerprint density at radius 2 is 2.04 bits per heavy atom. The molecule has 0 spiro atoms. The third-order valence-electron chi connectivity index (χ3n) is 4.16. The van der Waals surface area contributed by atoms with E-state index < -0.39 is 0 Å². The Morgan fingerprint density at radius 1 is 1.25 bits per heavy atom. The molecule has 1 aliphatic heterocycles. The summed E-state index contributed by atoms with van der Waals surface area (Å²) in [7, 11) is 0. The second-order valence-electron chi connectivity index (χ2n) is 5.94. The topological polar surface area (TPSA) is 43.3 Å². The van der Waals surface area contributed by atoms with Gasteiger partial charge in [0.15, 0.2) is 0 Å². The molecule has 3 rings (SSSR count). The van der Waals surface area contributed by atoms with E-state index in [0.29, 0.717) is 22.7 Å². The van der Waals surface area contributed by atoms with Crippen LogP contribution in [0.4, 0.5) is 0 Å². The molecular formula is C18H22BrClN2O2. The van der Waals surface area contributed by atoms with Gasteiger partial charge in [-0.05, 0) is 59.4 Å². The molecular weight excluding hydrogens is 392 g/mol. The molecule has 130 valence electrons. The van der Waals surface area contributed by atoms with Gasteiger partial charge >= 0.3 is 0 Å². The van der Waals surface area contributed by atoms with Crippen molar-refractivity contribution < 1.29 is 4.74 Å². The summed E-state index contributed by atoms with van der Waals surface area (Å²) in [6.45, 7) is 3.27. The molecule has 24 heavy (non-hydrogen) atoms. The molecule has 1 saturated heterocycles. The molecule has 0 bridgehead atoms. The summed E-state index contributed by atoms with van der Waals surface area (Å²) in [5, 5.41) is 3.39. The van der Waals surface area contributed by atoms with Crippen molar-refractivity contribution in [3.8, 4) is 5.75 Å². The van der Waals surface area contributed by atoms with Crippen molar-refractivity contribution in [2.45, 2.75) is 26.0 Å². The zero-order chi connectivity index (χ0) is 16.1. The maximum absolute atomic E-state index is 12.5. The predicted octanol–water partition coefficient (Wildman–Crippen LogP) is 3.61. The van der Waals surface area contributed by atoms with Crippen molar-refractivity contribution in [1.29, 1.82) is 0 Å². The number of ether oxygens (including phenoxy) is 1. The Bertz CT molecular complexity index is 700. The van der Waals surface area contributed by atoms with Crippen LogP contribution in [0.1, 0.15) is 18.4 Å². The lowest BCUT2D eigenvalue weighted by atomic mass is 10.00. The van der Waals surface area contributed by atoms with Gasteiger partial charge in [-0.1, -0.05) is 30.3 Å². The molecule has 4 nitrogen and oxygen atoms in total. The van der Waals surface area contributed by atoms with E-state index in [1.54, 1.807) is 4.57 Å². The Kier molecular flexibility index (Phi) is 7.34. The number of aromatic nitrogens is 1. The summed E-state index contributed by atoms with van der Waals surface area (Å²) in [6.07, 6.45) is 4.18. The maximum Gasteiger partial charge on any atom is 0.268 e. The minimum atomic E-state index is -0.0267. The van der Waals surface area contributed by atoms with Crippen molar-refractivity contribution in [1.82, 2.24) is 9.88 Å².